The third-order valence-corrected chi connectivity index (χ3v) is 3.05. The van der Waals surface area contributed by atoms with Crippen molar-refractivity contribution in [3.63, 3.8) is 0 Å². The molecule has 1 aliphatic heterocycles. The van der Waals surface area contributed by atoms with Crippen molar-refractivity contribution in [2.75, 3.05) is 26.9 Å². The molecule has 96 valence electrons. The van der Waals surface area contributed by atoms with Gasteiger partial charge < -0.3 is 19.2 Å². The van der Waals surface area contributed by atoms with Gasteiger partial charge in [-0.3, -0.25) is 0 Å². The summed E-state index contributed by atoms with van der Waals surface area (Å²) in [4.78, 5) is 4.25. The molecular weight excluding hydrogens is 220 g/mol. The standard InChI is InChI=1S/C12H20N2O3/c1-12(4-3-6-16-12)10-8-14-11(17-10)9-13-5-7-15-2/h8,13H,3-7,9H2,1-2H3. The number of hydrogen-bond acceptors (Lipinski definition) is 5. The second kappa shape index (κ2) is 5.62. The molecule has 0 amide bonds. The van der Waals surface area contributed by atoms with Crippen molar-refractivity contribution in [2.45, 2.75) is 31.9 Å². The zero-order valence-electron chi connectivity index (χ0n) is 10.5. The molecule has 5 nitrogen and oxygen atoms in total. The molecule has 1 aromatic heterocycles. The van der Waals surface area contributed by atoms with Gasteiger partial charge in [0, 0.05) is 20.3 Å². The van der Waals surface area contributed by atoms with Crippen LogP contribution in [0.1, 0.15) is 31.4 Å². The lowest BCUT2D eigenvalue weighted by molar-refractivity contribution is -0.00172. The molecule has 1 N–H and O–H groups in total. The SMILES string of the molecule is COCCNCc1ncc(C2(C)CCCO2)o1. The van der Waals surface area contributed by atoms with Gasteiger partial charge in [0.25, 0.3) is 0 Å². The molecule has 5 heteroatoms. The summed E-state index contributed by atoms with van der Waals surface area (Å²) < 4.78 is 16.4. The number of nitrogens with one attached hydrogen (secondary N) is 1. The molecular formula is C12H20N2O3. The van der Waals surface area contributed by atoms with Crippen molar-refractivity contribution in [3.8, 4) is 0 Å². The van der Waals surface area contributed by atoms with Gasteiger partial charge in [-0.25, -0.2) is 4.98 Å². The van der Waals surface area contributed by atoms with Crippen LogP contribution in [-0.2, 0) is 21.6 Å². The summed E-state index contributed by atoms with van der Waals surface area (Å²) in [6.07, 6.45) is 3.86. The quantitative estimate of drug-likeness (QED) is 0.762. The Morgan fingerprint density at radius 2 is 2.47 bits per heavy atom. The molecule has 0 bridgehead atoms. The Balaban J connectivity index is 1.87. The van der Waals surface area contributed by atoms with Crippen LogP contribution in [0.3, 0.4) is 0 Å². The number of methoxy groups -OCH3 is 1. The fourth-order valence-electron chi connectivity index (χ4n) is 1.98. The van der Waals surface area contributed by atoms with E-state index >= 15 is 0 Å². The molecule has 0 saturated carbocycles. The normalized spacial score (nSPS) is 24.4. The summed E-state index contributed by atoms with van der Waals surface area (Å²) >= 11 is 0. The third-order valence-electron chi connectivity index (χ3n) is 3.05. The summed E-state index contributed by atoms with van der Waals surface area (Å²) in [5, 5.41) is 3.20. The van der Waals surface area contributed by atoms with Crippen LogP contribution in [0.5, 0.6) is 0 Å². The maximum Gasteiger partial charge on any atom is 0.208 e. The van der Waals surface area contributed by atoms with Crippen molar-refractivity contribution >= 4 is 0 Å². The first-order valence-corrected chi connectivity index (χ1v) is 6.03. The number of aromatic nitrogens is 1. The van der Waals surface area contributed by atoms with Crippen LogP contribution in [0.4, 0.5) is 0 Å². The molecule has 0 radical (unpaired) electrons. The topological polar surface area (TPSA) is 56.5 Å². The van der Waals surface area contributed by atoms with E-state index in [9.17, 15) is 0 Å². The van der Waals surface area contributed by atoms with E-state index in [1.165, 1.54) is 0 Å². The summed E-state index contributed by atoms with van der Waals surface area (Å²) in [5.41, 5.74) is -0.280. The van der Waals surface area contributed by atoms with Crippen molar-refractivity contribution in [3.05, 3.63) is 17.8 Å². The molecule has 2 rings (SSSR count). The Hall–Kier alpha value is -0.910. The fraction of sp³-hybridized carbons (Fsp3) is 0.750. The number of ether oxygens (including phenoxy) is 2. The van der Waals surface area contributed by atoms with E-state index in [1.807, 2.05) is 0 Å². The van der Waals surface area contributed by atoms with Crippen LogP contribution in [0.15, 0.2) is 10.6 Å². The van der Waals surface area contributed by atoms with Gasteiger partial charge in [-0.1, -0.05) is 0 Å². The van der Waals surface area contributed by atoms with Crippen LogP contribution in [0.25, 0.3) is 0 Å². The summed E-state index contributed by atoms with van der Waals surface area (Å²) in [7, 11) is 1.68. The Morgan fingerprint density at radius 1 is 1.59 bits per heavy atom. The van der Waals surface area contributed by atoms with Gasteiger partial charge in [0.1, 0.15) is 5.60 Å². The molecule has 1 saturated heterocycles. The first-order chi connectivity index (χ1) is 8.24. The van der Waals surface area contributed by atoms with Gasteiger partial charge in [0.15, 0.2) is 5.76 Å². The zero-order chi connectivity index (χ0) is 12.1. The largest absolute Gasteiger partial charge is 0.441 e. The smallest absolute Gasteiger partial charge is 0.208 e. The highest BCUT2D eigenvalue weighted by molar-refractivity contribution is 5.07. The molecule has 1 atom stereocenters. The van der Waals surface area contributed by atoms with E-state index in [1.54, 1.807) is 13.3 Å². The van der Waals surface area contributed by atoms with Crippen molar-refractivity contribution < 1.29 is 13.9 Å². The second-order valence-electron chi connectivity index (χ2n) is 4.47. The summed E-state index contributed by atoms with van der Waals surface area (Å²) in [6.45, 7) is 4.97. The van der Waals surface area contributed by atoms with Crippen LogP contribution < -0.4 is 5.32 Å². The van der Waals surface area contributed by atoms with E-state index in [4.69, 9.17) is 13.9 Å². The molecule has 0 aliphatic carbocycles. The van der Waals surface area contributed by atoms with Crippen molar-refractivity contribution in [1.82, 2.24) is 10.3 Å². The number of nitrogens with zero attached hydrogens (tertiary/aromatic N) is 1. The predicted molar refractivity (Wildman–Crippen MR) is 62.6 cm³/mol. The Bertz CT molecular complexity index is 345. The third kappa shape index (κ3) is 3.06. The van der Waals surface area contributed by atoms with Crippen molar-refractivity contribution in [1.29, 1.82) is 0 Å². The first-order valence-electron chi connectivity index (χ1n) is 6.03. The van der Waals surface area contributed by atoms with Crippen LogP contribution in [0, 0.1) is 0 Å². The number of rotatable bonds is 6. The minimum Gasteiger partial charge on any atom is -0.441 e. The zero-order valence-corrected chi connectivity index (χ0v) is 10.5. The van der Waals surface area contributed by atoms with Crippen LogP contribution >= 0.6 is 0 Å². The Morgan fingerprint density at radius 3 is 3.18 bits per heavy atom. The molecule has 1 aliphatic rings. The molecule has 1 aromatic rings. The molecule has 0 spiro atoms. The molecule has 0 aromatic carbocycles. The minimum atomic E-state index is -0.280. The van der Waals surface area contributed by atoms with Gasteiger partial charge in [-0.2, -0.15) is 0 Å². The fourth-order valence-corrected chi connectivity index (χ4v) is 1.98. The van der Waals surface area contributed by atoms with Crippen molar-refractivity contribution in [2.24, 2.45) is 0 Å². The Labute approximate surface area is 102 Å². The lowest BCUT2D eigenvalue weighted by Crippen LogP contribution is -2.19. The lowest BCUT2D eigenvalue weighted by atomic mass is 10.0. The molecule has 17 heavy (non-hydrogen) atoms. The average molecular weight is 240 g/mol. The highest BCUT2D eigenvalue weighted by Crippen LogP contribution is 2.35. The highest BCUT2D eigenvalue weighted by atomic mass is 16.5. The summed E-state index contributed by atoms with van der Waals surface area (Å²) in [6, 6.07) is 0. The van der Waals surface area contributed by atoms with E-state index in [0.717, 1.165) is 31.8 Å². The first kappa shape index (κ1) is 12.5. The molecule has 1 fully saturated rings. The van der Waals surface area contributed by atoms with Gasteiger partial charge in [0.2, 0.25) is 5.89 Å². The minimum absolute atomic E-state index is 0.280. The maximum absolute atomic E-state index is 5.71. The van der Waals surface area contributed by atoms with Gasteiger partial charge in [0.05, 0.1) is 19.3 Å². The number of oxazole rings is 1. The van der Waals surface area contributed by atoms with Gasteiger partial charge in [-0.05, 0) is 19.8 Å². The molecule has 1 unspecified atom stereocenters. The van der Waals surface area contributed by atoms with E-state index < -0.39 is 0 Å². The Kier molecular flexibility index (Phi) is 4.15. The number of hydrogen-bond donors (Lipinski definition) is 1. The van der Waals surface area contributed by atoms with Gasteiger partial charge in [-0.15, -0.1) is 0 Å². The predicted octanol–water partition coefficient (Wildman–Crippen LogP) is 1.44. The van der Waals surface area contributed by atoms with E-state index in [-0.39, 0.29) is 5.60 Å². The van der Waals surface area contributed by atoms with E-state index in [0.29, 0.717) is 19.0 Å². The van der Waals surface area contributed by atoms with E-state index in [2.05, 4.69) is 17.2 Å². The average Bonchev–Trinajstić information content (AvgIpc) is 2.94. The van der Waals surface area contributed by atoms with Crippen LogP contribution in [0.2, 0.25) is 0 Å². The van der Waals surface area contributed by atoms with Crippen LogP contribution in [-0.4, -0.2) is 31.9 Å². The summed E-state index contributed by atoms with van der Waals surface area (Å²) in [5.74, 6) is 1.53. The highest BCUT2D eigenvalue weighted by Gasteiger charge is 2.35. The second-order valence-corrected chi connectivity index (χ2v) is 4.47. The molecule has 2 heterocycles. The maximum atomic E-state index is 5.71. The monoisotopic (exact) mass is 240 g/mol. The van der Waals surface area contributed by atoms with Gasteiger partial charge >= 0.3 is 0 Å². The lowest BCUT2D eigenvalue weighted by Gasteiger charge is -2.19.